The molecule has 2 unspecified atom stereocenters. The lowest BCUT2D eigenvalue weighted by Gasteiger charge is -2.29. The molecular weight excluding hydrogens is 162 g/mol. The Bertz CT molecular complexity index is 183. The average Bonchev–Trinajstić information content (AvgIpc) is 2.65. The molecule has 1 saturated heterocycles. The van der Waals surface area contributed by atoms with E-state index in [0.29, 0.717) is 5.78 Å². The fourth-order valence-electron chi connectivity index (χ4n) is 2.15. The lowest BCUT2D eigenvalue weighted by Crippen LogP contribution is -2.49. The van der Waals surface area contributed by atoms with Crippen LogP contribution in [0.25, 0.3) is 0 Å². The molecule has 0 aromatic heterocycles. The van der Waals surface area contributed by atoms with Crippen molar-refractivity contribution in [3.8, 4) is 0 Å². The predicted molar refractivity (Wildman–Crippen MR) is 54.7 cm³/mol. The molecule has 1 fully saturated rings. The van der Waals surface area contributed by atoms with E-state index in [1.807, 2.05) is 6.92 Å². The van der Waals surface area contributed by atoms with Gasteiger partial charge in [0, 0.05) is 5.92 Å². The van der Waals surface area contributed by atoms with Gasteiger partial charge < -0.3 is 5.32 Å². The van der Waals surface area contributed by atoms with E-state index in [1.165, 1.54) is 0 Å². The van der Waals surface area contributed by atoms with Crippen LogP contribution in [-0.4, -0.2) is 17.9 Å². The highest BCUT2D eigenvalue weighted by Crippen LogP contribution is 2.27. The Kier molecular flexibility index (Phi) is 3.48. The molecule has 2 atom stereocenters. The maximum Gasteiger partial charge on any atom is 0.155 e. The standard InChI is InChI=1S/C11H21NO/c1-4-9(3)10(13)11(5-2)7-6-8-12-11/h9,12H,4-8H2,1-3H3. The van der Waals surface area contributed by atoms with Gasteiger partial charge in [-0.3, -0.25) is 4.79 Å². The van der Waals surface area contributed by atoms with Crippen molar-refractivity contribution < 1.29 is 4.79 Å². The molecule has 1 rings (SSSR count). The third-order valence-electron chi connectivity index (χ3n) is 3.38. The largest absolute Gasteiger partial charge is 0.305 e. The van der Waals surface area contributed by atoms with Crippen molar-refractivity contribution in [2.24, 2.45) is 5.92 Å². The van der Waals surface area contributed by atoms with E-state index in [4.69, 9.17) is 0 Å². The minimum Gasteiger partial charge on any atom is -0.305 e. The third-order valence-corrected chi connectivity index (χ3v) is 3.38. The molecular formula is C11H21NO. The topological polar surface area (TPSA) is 29.1 Å². The number of carbonyl (C=O) groups excluding carboxylic acids is 1. The molecule has 1 heterocycles. The summed E-state index contributed by atoms with van der Waals surface area (Å²) in [4.78, 5) is 12.1. The van der Waals surface area contributed by atoms with Crippen molar-refractivity contribution in [3.05, 3.63) is 0 Å². The molecule has 76 valence electrons. The predicted octanol–water partition coefficient (Wildman–Crippen LogP) is 2.13. The van der Waals surface area contributed by atoms with Crippen molar-refractivity contribution in [2.75, 3.05) is 6.54 Å². The lowest BCUT2D eigenvalue weighted by molar-refractivity contribution is -0.128. The minimum absolute atomic E-state index is 0.171. The van der Waals surface area contributed by atoms with Crippen molar-refractivity contribution in [1.29, 1.82) is 0 Å². The average molecular weight is 183 g/mol. The maximum atomic E-state index is 12.1. The van der Waals surface area contributed by atoms with E-state index in [2.05, 4.69) is 19.2 Å². The van der Waals surface area contributed by atoms with Crippen LogP contribution < -0.4 is 5.32 Å². The smallest absolute Gasteiger partial charge is 0.155 e. The van der Waals surface area contributed by atoms with E-state index in [-0.39, 0.29) is 11.5 Å². The molecule has 0 bridgehead atoms. The van der Waals surface area contributed by atoms with Crippen LogP contribution in [0.4, 0.5) is 0 Å². The van der Waals surface area contributed by atoms with Gasteiger partial charge in [0.1, 0.15) is 0 Å². The summed E-state index contributed by atoms with van der Waals surface area (Å²) in [7, 11) is 0. The Morgan fingerprint density at radius 1 is 1.54 bits per heavy atom. The maximum absolute atomic E-state index is 12.1. The quantitative estimate of drug-likeness (QED) is 0.723. The first kappa shape index (κ1) is 10.7. The van der Waals surface area contributed by atoms with Gasteiger partial charge in [0.15, 0.2) is 5.78 Å². The first-order valence-corrected chi connectivity index (χ1v) is 5.45. The fourth-order valence-corrected chi connectivity index (χ4v) is 2.15. The van der Waals surface area contributed by atoms with E-state index < -0.39 is 0 Å². The molecule has 0 saturated carbocycles. The monoisotopic (exact) mass is 183 g/mol. The molecule has 2 heteroatoms. The number of ketones is 1. The molecule has 0 aromatic carbocycles. The van der Waals surface area contributed by atoms with Crippen LogP contribution in [-0.2, 0) is 4.79 Å². The van der Waals surface area contributed by atoms with Crippen LogP contribution >= 0.6 is 0 Å². The number of Topliss-reactive ketones (excluding diaryl/α,β-unsaturated/α-hetero) is 1. The van der Waals surface area contributed by atoms with Gasteiger partial charge in [0.25, 0.3) is 0 Å². The van der Waals surface area contributed by atoms with Gasteiger partial charge in [0.2, 0.25) is 0 Å². The number of nitrogens with one attached hydrogen (secondary N) is 1. The molecule has 0 aromatic rings. The van der Waals surface area contributed by atoms with Crippen molar-refractivity contribution in [3.63, 3.8) is 0 Å². The summed E-state index contributed by atoms with van der Waals surface area (Å²) in [5.74, 6) is 0.639. The van der Waals surface area contributed by atoms with Crippen LogP contribution in [0.15, 0.2) is 0 Å². The van der Waals surface area contributed by atoms with Crippen LogP contribution in [0.5, 0.6) is 0 Å². The molecule has 0 spiro atoms. The Labute approximate surface area is 81.1 Å². The second kappa shape index (κ2) is 4.23. The summed E-state index contributed by atoms with van der Waals surface area (Å²) in [6.45, 7) is 7.25. The Morgan fingerprint density at radius 2 is 2.23 bits per heavy atom. The van der Waals surface area contributed by atoms with Gasteiger partial charge in [-0.15, -0.1) is 0 Å². The van der Waals surface area contributed by atoms with Gasteiger partial charge in [0.05, 0.1) is 5.54 Å². The van der Waals surface area contributed by atoms with Crippen LogP contribution in [0.1, 0.15) is 46.5 Å². The SMILES string of the molecule is CCC(C)C(=O)C1(CC)CCCN1. The molecule has 1 N–H and O–H groups in total. The summed E-state index contributed by atoms with van der Waals surface area (Å²) in [5.41, 5.74) is -0.171. The second-order valence-corrected chi connectivity index (χ2v) is 4.14. The number of carbonyl (C=O) groups is 1. The van der Waals surface area contributed by atoms with Crippen LogP contribution in [0.2, 0.25) is 0 Å². The number of rotatable bonds is 4. The van der Waals surface area contributed by atoms with E-state index in [9.17, 15) is 4.79 Å². The number of hydrogen-bond acceptors (Lipinski definition) is 2. The summed E-state index contributed by atoms with van der Waals surface area (Å²) < 4.78 is 0. The molecule has 1 aliphatic heterocycles. The van der Waals surface area contributed by atoms with Gasteiger partial charge in [-0.05, 0) is 32.2 Å². The van der Waals surface area contributed by atoms with Crippen molar-refractivity contribution in [2.45, 2.75) is 52.0 Å². The van der Waals surface area contributed by atoms with E-state index in [0.717, 1.165) is 32.2 Å². The molecule has 0 radical (unpaired) electrons. The van der Waals surface area contributed by atoms with Crippen LogP contribution in [0.3, 0.4) is 0 Å². The summed E-state index contributed by atoms with van der Waals surface area (Å²) in [6.07, 6.45) is 4.08. The van der Waals surface area contributed by atoms with Gasteiger partial charge in [-0.25, -0.2) is 0 Å². The van der Waals surface area contributed by atoms with Crippen LogP contribution in [0, 0.1) is 5.92 Å². The zero-order valence-corrected chi connectivity index (χ0v) is 9.02. The van der Waals surface area contributed by atoms with Gasteiger partial charge in [-0.2, -0.15) is 0 Å². The van der Waals surface area contributed by atoms with Gasteiger partial charge >= 0.3 is 0 Å². The minimum atomic E-state index is -0.171. The normalized spacial score (nSPS) is 30.4. The number of hydrogen-bond donors (Lipinski definition) is 1. The van der Waals surface area contributed by atoms with Crippen molar-refractivity contribution in [1.82, 2.24) is 5.32 Å². The zero-order valence-electron chi connectivity index (χ0n) is 9.02. The molecule has 13 heavy (non-hydrogen) atoms. The first-order chi connectivity index (χ1) is 6.16. The zero-order chi connectivity index (χ0) is 9.90. The Hall–Kier alpha value is -0.370. The highest BCUT2D eigenvalue weighted by atomic mass is 16.1. The van der Waals surface area contributed by atoms with Gasteiger partial charge in [-0.1, -0.05) is 20.8 Å². The molecule has 1 aliphatic rings. The highest BCUT2D eigenvalue weighted by Gasteiger charge is 2.40. The first-order valence-electron chi connectivity index (χ1n) is 5.45. The van der Waals surface area contributed by atoms with E-state index in [1.54, 1.807) is 0 Å². The fraction of sp³-hybridized carbons (Fsp3) is 0.909. The highest BCUT2D eigenvalue weighted by molar-refractivity contribution is 5.90. The summed E-state index contributed by atoms with van der Waals surface area (Å²) in [6, 6.07) is 0. The summed E-state index contributed by atoms with van der Waals surface area (Å²) >= 11 is 0. The third kappa shape index (κ3) is 1.93. The second-order valence-electron chi connectivity index (χ2n) is 4.14. The molecule has 0 amide bonds. The summed E-state index contributed by atoms with van der Waals surface area (Å²) in [5, 5.41) is 3.39. The molecule has 0 aliphatic carbocycles. The van der Waals surface area contributed by atoms with Crippen molar-refractivity contribution >= 4 is 5.78 Å². The molecule has 2 nitrogen and oxygen atoms in total. The lowest BCUT2D eigenvalue weighted by atomic mass is 9.82. The Morgan fingerprint density at radius 3 is 2.62 bits per heavy atom. The Balaban J connectivity index is 2.70. The van der Waals surface area contributed by atoms with E-state index >= 15 is 0 Å².